The molecule has 0 amide bonds. The van der Waals surface area contributed by atoms with Gasteiger partial charge in [-0.25, -0.2) is 0 Å². The third-order valence-corrected chi connectivity index (χ3v) is 3.28. The molecular formula is C15H32IN3O. The minimum Gasteiger partial charge on any atom is -0.381 e. The van der Waals surface area contributed by atoms with Gasteiger partial charge in [-0.3, -0.25) is 4.99 Å². The Morgan fingerprint density at radius 2 is 1.85 bits per heavy atom. The number of ether oxygens (including phenoxy) is 1. The van der Waals surface area contributed by atoms with Crippen LogP contribution in [0.1, 0.15) is 46.0 Å². The Kier molecular flexibility index (Phi) is 12.7. The number of nitrogens with one attached hydrogen (secondary N) is 2. The molecule has 1 aliphatic carbocycles. The molecule has 0 aromatic rings. The van der Waals surface area contributed by atoms with E-state index in [4.69, 9.17) is 4.74 Å². The summed E-state index contributed by atoms with van der Waals surface area (Å²) in [5.74, 6) is 2.55. The zero-order chi connectivity index (χ0) is 13.9. The molecular weight excluding hydrogens is 365 g/mol. The van der Waals surface area contributed by atoms with Crippen molar-refractivity contribution in [2.24, 2.45) is 16.8 Å². The van der Waals surface area contributed by atoms with Crippen LogP contribution in [0.2, 0.25) is 0 Å². The summed E-state index contributed by atoms with van der Waals surface area (Å²) >= 11 is 0. The molecule has 0 aromatic heterocycles. The van der Waals surface area contributed by atoms with Gasteiger partial charge in [-0.1, -0.05) is 13.8 Å². The Labute approximate surface area is 141 Å². The van der Waals surface area contributed by atoms with Crippen LogP contribution < -0.4 is 10.6 Å². The summed E-state index contributed by atoms with van der Waals surface area (Å²) in [6.07, 6.45) is 6.23. The molecule has 2 N–H and O–H groups in total. The van der Waals surface area contributed by atoms with Crippen LogP contribution in [0.15, 0.2) is 4.99 Å². The van der Waals surface area contributed by atoms with Crippen molar-refractivity contribution in [3.05, 3.63) is 0 Å². The summed E-state index contributed by atoms with van der Waals surface area (Å²) in [6, 6.07) is 0. The zero-order valence-electron chi connectivity index (χ0n) is 13.3. The van der Waals surface area contributed by atoms with Gasteiger partial charge in [-0.2, -0.15) is 0 Å². The van der Waals surface area contributed by atoms with Crippen molar-refractivity contribution in [3.8, 4) is 0 Å². The van der Waals surface area contributed by atoms with Crippen LogP contribution in [0.25, 0.3) is 0 Å². The number of rotatable bonds is 10. The van der Waals surface area contributed by atoms with Crippen molar-refractivity contribution >= 4 is 29.9 Å². The molecule has 0 spiro atoms. The van der Waals surface area contributed by atoms with Crippen molar-refractivity contribution < 1.29 is 4.74 Å². The van der Waals surface area contributed by atoms with E-state index in [2.05, 4.69) is 29.5 Å². The number of halogens is 1. The summed E-state index contributed by atoms with van der Waals surface area (Å²) in [6.45, 7) is 8.25. The predicted molar refractivity (Wildman–Crippen MR) is 97.0 cm³/mol. The highest BCUT2D eigenvalue weighted by atomic mass is 127. The van der Waals surface area contributed by atoms with Gasteiger partial charge in [0, 0.05) is 33.4 Å². The molecule has 0 atom stereocenters. The topological polar surface area (TPSA) is 45.7 Å². The second-order valence-corrected chi connectivity index (χ2v) is 5.83. The first-order valence-corrected chi connectivity index (χ1v) is 7.74. The highest BCUT2D eigenvalue weighted by Crippen LogP contribution is 2.28. The fraction of sp³-hybridized carbons (Fsp3) is 0.933. The van der Waals surface area contributed by atoms with Crippen LogP contribution in [-0.2, 0) is 4.74 Å². The highest BCUT2D eigenvalue weighted by molar-refractivity contribution is 14.0. The lowest BCUT2D eigenvalue weighted by molar-refractivity contribution is 0.123. The van der Waals surface area contributed by atoms with Gasteiger partial charge in [0.05, 0.1) is 0 Å². The van der Waals surface area contributed by atoms with E-state index in [0.29, 0.717) is 0 Å². The molecule has 4 nitrogen and oxygen atoms in total. The molecule has 1 saturated carbocycles. The average Bonchev–Trinajstić information content (AvgIpc) is 3.19. The molecule has 20 heavy (non-hydrogen) atoms. The molecule has 120 valence electrons. The molecule has 0 aliphatic heterocycles. The smallest absolute Gasteiger partial charge is 0.190 e. The van der Waals surface area contributed by atoms with Crippen molar-refractivity contribution in [2.75, 3.05) is 33.4 Å². The zero-order valence-corrected chi connectivity index (χ0v) is 15.6. The Morgan fingerprint density at radius 1 is 1.20 bits per heavy atom. The summed E-state index contributed by atoms with van der Waals surface area (Å²) in [5, 5.41) is 6.66. The first-order chi connectivity index (χ1) is 9.22. The maximum atomic E-state index is 5.60. The lowest BCUT2D eigenvalue weighted by Crippen LogP contribution is -2.38. The highest BCUT2D eigenvalue weighted by Gasteiger charge is 2.20. The quantitative estimate of drug-likeness (QED) is 0.258. The molecule has 0 unspecified atom stereocenters. The largest absolute Gasteiger partial charge is 0.381 e. The molecule has 0 saturated heterocycles. The van der Waals surface area contributed by atoms with Gasteiger partial charge in [0.1, 0.15) is 0 Å². The standard InChI is InChI=1S/C15H31N3O.HI/c1-13(2)6-4-9-17-15(16-3)18-10-5-11-19-12-14-7-8-14;/h13-14H,4-12H2,1-3H3,(H2,16,17,18);1H. The first kappa shape index (κ1) is 20.0. The van der Waals surface area contributed by atoms with Crippen LogP contribution in [0, 0.1) is 11.8 Å². The van der Waals surface area contributed by atoms with Crippen LogP contribution >= 0.6 is 24.0 Å². The third-order valence-electron chi connectivity index (χ3n) is 3.28. The molecule has 5 heteroatoms. The minimum atomic E-state index is 0. The SMILES string of the molecule is CN=C(NCCCOCC1CC1)NCCCC(C)C.I. The van der Waals surface area contributed by atoms with Crippen LogP contribution in [-0.4, -0.2) is 39.3 Å². The molecule has 0 aromatic carbocycles. The minimum absolute atomic E-state index is 0. The normalized spacial score (nSPS) is 15.1. The number of guanidine groups is 1. The number of hydrogen-bond acceptors (Lipinski definition) is 2. The Balaban J connectivity index is 0.00000361. The lowest BCUT2D eigenvalue weighted by atomic mass is 10.1. The summed E-state index contributed by atoms with van der Waals surface area (Å²) in [5.41, 5.74) is 0. The van der Waals surface area contributed by atoms with E-state index < -0.39 is 0 Å². The van der Waals surface area contributed by atoms with Crippen LogP contribution in [0.4, 0.5) is 0 Å². The Bertz CT molecular complexity index is 256. The van der Waals surface area contributed by atoms with Gasteiger partial charge < -0.3 is 15.4 Å². The molecule has 1 aliphatic rings. The molecule has 0 bridgehead atoms. The average molecular weight is 397 g/mol. The predicted octanol–water partition coefficient (Wildman–Crippen LogP) is 3.02. The number of aliphatic imine (C=N–C) groups is 1. The van der Waals surface area contributed by atoms with Crippen molar-refractivity contribution in [1.29, 1.82) is 0 Å². The summed E-state index contributed by atoms with van der Waals surface area (Å²) in [7, 11) is 1.82. The maximum Gasteiger partial charge on any atom is 0.190 e. The van der Waals surface area contributed by atoms with Crippen molar-refractivity contribution in [3.63, 3.8) is 0 Å². The van der Waals surface area contributed by atoms with Gasteiger partial charge in [-0.05, 0) is 43.9 Å². The molecule has 1 fully saturated rings. The van der Waals surface area contributed by atoms with Gasteiger partial charge in [-0.15, -0.1) is 24.0 Å². The number of nitrogens with zero attached hydrogens (tertiary/aromatic N) is 1. The Hall–Kier alpha value is -0.0400. The summed E-state index contributed by atoms with van der Waals surface area (Å²) in [4.78, 5) is 4.21. The van der Waals surface area contributed by atoms with Crippen molar-refractivity contribution in [1.82, 2.24) is 10.6 Å². The number of hydrogen-bond donors (Lipinski definition) is 2. The van der Waals surface area contributed by atoms with Gasteiger partial charge in [0.2, 0.25) is 0 Å². The van der Waals surface area contributed by atoms with E-state index >= 15 is 0 Å². The first-order valence-electron chi connectivity index (χ1n) is 7.74. The molecule has 1 rings (SSSR count). The maximum absolute atomic E-state index is 5.60. The fourth-order valence-corrected chi connectivity index (χ4v) is 1.85. The van der Waals surface area contributed by atoms with Gasteiger partial charge in [0.25, 0.3) is 0 Å². The van der Waals surface area contributed by atoms with Crippen molar-refractivity contribution in [2.45, 2.75) is 46.0 Å². The molecule has 0 heterocycles. The van der Waals surface area contributed by atoms with Crippen LogP contribution in [0.5, 0.6) is 0 Å². The van der Waals surface area contributed by atoms with E-state index in [1.165, 1.54) is 25.7 Å². The third kappa shape index (κ3) is 11.8. The van der Waals surface area contributed by atoms with E-state index in [9.17, 15) is 0 Å². The van der Waals surface area contributed by atoms with Gasteiger partial charge >= 0.3 is 0 Å². The lowest BCUT2D eigenvalue weighted by Gasteiger charge is -2.12. The molecule has 0 radical (unpaired) electrons. The second kappa shape index (κ2) is 12.7. The fourth-order valence-electron chi connectivity index (χ4n) is 1.85. The monoisotopic (exact) mass is 397 g/mol. The van der Waals surface area contributed by atoms with E-state index in [-0.39, 0.29) is 24.0 Å². The van der Waals surface area contributed by atoms with Gasteiger partial charge in [0.15, 0.2) is 5.96 Å². The van der Waals surface area contributed by atoms with E-state index in [1.54, 1.807) is 0 Å². The van der Waals surface area contributed by atoms with Crippen LogP contribution in [0.3, 0.4) is 0 Å². The van der Waals surface area contributed by atoms with E-state index in [1.807, 2.05) is 7.05 Å². The summed E-state index contributed by atoms with van der Waals surface area (Å²) < 4.78 is 5.60. The second-order valence-electron chi connectivity index (χ2n) is 5.83. The van der Waals surface area contributed by atoms with E-state index in [0.717, 1.165) is 50.5 Å². The Morgan fingerprint density at radius 3 is 2.40 bits per heavy atom.